The Labute approximate surface area is 153 Å². The summed E-state index contributed by atoms with van der Waals surface area (Å²) in [4.78, 5) is 57.2. The lowest BCUT2D eigenvalue weighted by molar-refractivity contribution is 0.564. The van der Waals surface area contributed by atoms with Crippen molar-refractivity contribution in [2.75, 3.05) is 0 Å². The van der Waals surface area contributed by atoms with Gasteiger partial charge < -0.3 is 0 Å². The summed E-state index contributed by atoms with van der Waals surface area (Å²) in [7, 11) is 0. The summed E-state index contributed by atoms with van der Waals surface area (Å²) < 4.78 is 0. The molecular formula is C19H12N4O4. The van der Waals surface area contributed by atoms with Gasteiger partial charge in [0.2, 0.25) is 24.3 Å². The van der Waals surface area contributed by atoms with Gasteiger partial charge in [-0.1, -0.05) is 0 Å². The van der Waals surface area contributed by atoms with Crippen LogP contribution in [-0.4, -0.2) is 24.3 Å². The standard InChI is InChI=1S/C19H12N4O4/c1-12-15(17(21-9-25)4-3-16(12)20-8-24)5-14-6-18(22-10-26)13(2)19(7-14)23-11-27/h3-4,6-7H,5H2,1-2H3. The van der Waals surface area contributed by atoms with Crippen LogP contribution in [0.15, 0.2) is 44.2 Å². The van der Waals surface area contributed by atoms with Gasteiger partial charge in [-0.3, -0.25) is 0 Å². The molecule has 8 nitrogen and oxygen atoms in total. The molecule has 0 bridgehead atoms. The third-order valence-corrected chi connectivity index (χ3v) is 4.00. The minimum absolute atomic E-state index is 0.248. The zero-order valence-electron chi connectivity index (χ0n) is 14.4. The number of isocyanates is 4. The van der Waals surface area contributed by atoms with Crippen molar-refractivity contribution >= 4 is 47.1 Å². The van der Waals surface area contributed by atoms with Crippen molar-refractivity contribution in [2.45, 2.75) is 20.3 Å². The number of hydrogen-bond acceptors (Lipinski definition) is 8. The van der Waals surface area contributed by atoms with E-state index in [-0.39, 0.29) is 6.42 Å². The Balaban J connectivity index is 2.70. The molecule has 0 N–H and O–H groups in total. The molecule has 8 heteroatoms. The molecule has 0 atom stereocenters. The largest absolute Gasteiger partial charge is 0.240 e. The minimum Gasteiger partial charge on any atom is -0.211 e. The maximum Gasteiger partial charge on any atom is 0.240 e. The molecule has 27 heavy (non-hydrogen) atoms. The highest BCUT2D eigenvalue weighted by molar-refractivity contribution is 5.69. The van der Waals surface area contributed by atoms with Crippen LogP contribution in [0.4, 0.5) is 22.7 Å². The molecule has 0 amide bonds. The van der Waals surface area contributed by atoms with E-state index in [1.807, 2.05) is 0 Å². The van der Waals surface area contributed by atoms with Crippen molar-refractivity contribution in [1.29, 1.82) is 0 Å². The molecule has 0 saturated heterocycles. The van der Waals surface area contributed by atoms with E-state index in [0.29, 0.717) is 45.0 Å². The Morgan fingerprint density at radius 1 is 0.667 bits per heavy atom. The summed E-state index contributed by atoms with van der Waals surface area (Å²) in [6.45, 7) is 3.38. The van der Waals surface area contributed by atoms with Gasteiger partial charge in [-0.15, -0.1) is 0 Å². The molecule has 0 aromatic heterocycles. The predicted octanol–water partition coefficient (Wildman–Crippen LogP) is 3.76. The van der Waals surface area contributed by atoms with Crippen molar-refractivity contribution in [3.8, 4) is 0 Å². The second kappa shape index (κ2) is 8.88. The van der Waals surface area contributed by atoms with Crippen molar-refractivity contribution in [3.63, 3.8) is 0 Å². The van der Waals surface area contributed by atoms with E-state index in [9.17, 15) is 19.2 Å². The van der Waals surface area contributed by atoms with Gasteiger partial charge in [0.15, 0.2) is 0 Å². The average molecular weight is 360 g/mol. The van der Waals surface area contributed by atoms with Crippen LogP contribution < -0.4 is 0 Å². The van der Waals surface area contributed by atoms with Gasteiger partial charge >= 0.3 is 0 Å². The first kappa shape index (κ1) is 19.3. The van der Waals surface area contributed by atoms with Crippen molar-refractivity contribution in [1.82, 2.24) is 0 Å². The van der Waals surface area contributed by atoms with Crippen molar-refractivity contribution in [3.05, 3.63) is 46.5 Å². The Kier molecular flexibility index (Phi) is 6.34. The van der Waals surface area contributed by atoms with Crippen LogP contribution in [0, 0.1) is 13.8 Å². The third kappa shape index (κ3) is 4.33. The molecule has 0 aliphatic carbocycles. The normalized spacial score (nSPS) is 9.26. The summed E-state index contributed by atoms with van der Waals surface area (Å²) in [5, 5.41) is 0. The summed E-state index contributed by atoms with van der Waals surface area (Å²) in [5.74, 6) is 0. The van der Waals surface area contributed by atoms with Gasteiger partial charge in [0.25, 0.3) is 0 Å². The zero-order valence-corrected chi connectivity index (χ0v) is 14.4. The smallest absolute Gasteiger partial charge is 0.211 e. The predicted molar refractivity (Wildman–Crippen MR) is 96.3 cm³/mol. The maximum atomic E-state index is 10.7. The molecule has 2 rings (SSSR count). The van der Waals surface area contributed by atoms with Crippen LogP contribution in [0.5, 0.6) is 0 Å². The number of aliphatic imine (C=N–C) groups is 4. The van der Waals surface area contributed by atoms with E-state index in [1.165, 1.54) is 30.4 Å². The number of nitrogens with zero attached hydrogens (tertiary/aromatic N) is 4. The fraction of sp³-hybridized carbons (Fsp3) is 0.158. The number of rotatable bonds is 6. The molecular weight excluding hydrogens is 348 g/mol. The molecule has 0 spiro atoms. The molecule has 0 fully saturated rings. The lowest BCUT2D eigenvalue weighted by Gasteiger charge is -2.12. The number of hydrogen-bond donors (Lipinski definition) is 0. The fourth-order valence-electron chi connectivity index (χ4n) is 2.65. The number of carbonyl (C=O) groups excluding carboxylic acids is 4. The summed E-state index contributed by atoms with van der Waals surface area (Å²) in [6.07, 6.45) is 6.14. The van der Waals surface area contributed by atoms with Gasteiger partial charge in [0.05, 0.1) is 22.7 Å². The van der Waals surface area contributed by atoms with E-state index in [0.717, 1.165) is 0 Å². The van der Waals surface area contributed by atoms with Gasteiger partial charge in [-0.05, 0) is 54.8 Å². The third-order valence-electron chi connectivity index (χ3n) is 4.00. The highest BCUT2D eigenvalue weighted by Crippen LogP contribution is 2.35. The molecule has 0 unspecified atom stereocenters. The molecule has 0 radical (unpaired) electrons. The average Bonchev–Trinajstić information content (AvgIpc) is 2.64. The van der Waals surface area contributed by atoms with Crippen LogP contribution in [0.2, 0.25) is 0 Å². The topological polar surface area (TPSA) is 118 Å². The Bertz CT molecular complexity index is 1060. The first-order valence-corrected chi connectivity index (χ1v) is 7.63. The van der Waals surface area contributed by atoms with Crippen molar-refractivity contribution in [2.24, 2.45) is 20.0 Å². The van der Waals surface area contributed by atoms with E-state index in [1.54, 1.807) is 32.0 Å². The SMILES string of the molecule is Cc1c(N=C=O)cc(Cc2c(N=C=O)ccc(N=C=O)c2C)cc1N=C=O. The Morgan fingerprint density at radius 3 is 1.63 bits per heavy atom. The molecule has 0 aliphatic heterocycles. The van der Waals surface area contributed by atoms with Crippen LogP contribution >= 0.6 is 0 Å². The second-order valence-electron chi connectivity index (χ2n) is 5.46. The van der Waals surface area contributed by atoms with Crippen molar-refractivity contribution < 1.29 is 19.2 Å². The first-order chi connectivity index (χ1) is 13.0. The monoisotopic (exact) mass is 360 g/mol. The molecule has 2 aromatic carbocycles. The van der Waals surface area contributed by atoms with Gasteiger partial charge in [-0.25, -0.2) is 19.2 Å². The van der Waals surface area contributed by atoms with E-state index >= 15 is 0 Å². The van der Waals surface area contributed by atoms with E-state index < -0.39 is 0 Å². The highest BCUT2D eigenvalue weighted by Gasteiger charge is 2.13. The van der Waals surface area contributed by atoms with Crippen LogP contribution in [0.25, 0.3) is 0 Å². The lowest BCUT2D eigenvalue weighted by Crippen LogP contribution is -1.95. The van der Waals surface area contributed by atoms with Gasteiger partial charge in [-0.2, -0.15) is 20.0 Å². The highest BCUT2D eigenvalue weighted by atomic mass is 16.1. The minimum atomic E-state index is 0.248. The molecule has 132 valence electrons. The number of benzene rings is 2. The fourth-order valence-corrected chi connectivity index (χ4v) is 2.65. The van der Waals surface area contributed by atoms with Crippen LogP contribution in [0.1, 0.15) is 22.3 Å². The summed E-state index contributed by atoms with van der Waals surface area (Å²) in [5.41, 5.74) is 3.74. The van der Waals surface area contributed by atoms with Crippen LogP contribution in [0.3, 0.4) is 0 Å². The summed E-state index contributed by atoms with van der Waals surface area (Å²) in [6, 6.07) is 6.34. The molecule has 2 aromatic rings. The van der Waals surface area contributed by atoms with Gasteiger partial charge in [0, 0.05) is 12.0 Å². The van der Waals surface area contributed by atoms with Gasteiger partial charge in [0.1, 0.15) is 0 Å². The summed E-state index contributed by atoms with van der Waals surface area (Å²) >= 11 is 0. The maximum absolute atomic E-state index is 10.7. The second-order valence-corrected chi connectivity index (χ2v) is 5.46. The lowest BCUT2D eigenvalue weighted by atomic mass is 9.95. The molecule has 0 aliphatic rings. The quantitative estimate of drug-likeness (QED) is 0.575. The zero-order chi connectivity index (χ0) is 19.8. The van der Waals surface area contributed by atoms with Crippen LogP contribution in [-0.2, 0) is 25.6 Å². The molecule has 0 saturated carbocycles. The Morgan fingerprint density at radius 2 is 1.11 bits per heavy atom. The van der Waals surface area contributed by atoms with E-state index in [2.05, 4.69) is 20.0 Å². The Hall–Kier alpha value is -4.04. The first-order valence-electron chi connectivity index (χ1n) is 7.63. The molecule has 0 heterocycles. The van der Waals surface area contributed by atoms with E-state index in [4.69, 9.17) is 0 Å².